The van der Waals surface area contributed by atoms with Gasteiger partial charge in [0.2, 0.25) is 0 Å². The first-order chi connectivity index (χ1) is 11.3. The van der Waals surface area contributed by atoms with Gasteiger partial charge < -0.3 is 10.1 Å². The predicted molar refractivity (Wildman–Crippen MR) is 94.7 cm³/mol. The standard InChI is InChI=1S/C20H22N2O/c1-22-11-3-5-17-12-15(9-10-20(17)22)16-8-7-14-4-2-6-19(21-23)18(14)13-16/h7-10,12-13,23H,2-6,11H2,1H3/b21-19+. The Bertz CT molecular complexity index is 779. The van der Waals surface area contributed by atoms with Gasteiger partial charge in [0.15, 0.2) is 0 Å². The molecule has 2 aromatic carbocycles. The molecule has 0 amide bonds. The number of anilines is 1. The SMILES string of the molecule is CN1CCCc2cc(-c3ccc4c(c3)/C(=N/O)CCC4)ccc21. The number of hydrogen-bond acceptors (Lipinski definition) is 3. The van der Waals surface area contributed by atoms with Crippen LogP contribution in [-0.4, -0.2) is 24.5 Å². The summed E-state index contributed by atoms with van der Waals surface area (Å²) >= 11 is 0. The second kappa shape index (κ2) is 5.73. The number of fused-ring (bicyclic) bond motifs is 2. The molecule has 2 aromatic rings. The molecule has 2 aliphatic rings. The molecule has 1 aliphatic heterocycles. The van der Waals surface area contributed by atoms with Crippen molar-refractivity contribution in [3.8, 4) is 11.1 Å². The zero-order valence-corrected chi connectivity index (χ0v) is 13.5. The van der Waals surface area contributed by atoms with E-state index >= 15 is 0 Å². The van der Waals surface area contributed by atoms with Crippen LogP contribution in [0, 0.1) is 0 Å². The molecule has 0 saturated heterocycles. The molecule has 23 heavy (non-hydrogen) atoms. The molecule has 1 N–H and O–H groups in total. The number of nitrogens with zero attached hydrogens (tertiary/aromatic N) is 2. The minimum atomic E-state index is 0.825. The summed E-state index contributed by atoms with van der Waals surface area (Å²) in [4.78, 5) is 2.34. The fraction of sp³-hybridized carbons (Fsp3) is 0.350. The van der Waals surface area contributed by atoms with Crippen molar-refractivity contribution in [2.24, 2.45) is 5.16 Å². The van der Waals surface area contributed by atoms with Crippen molar-refractivity contribution in [2.75, 3.05) is 18.5 Å². The molecular formula is C20H22N2O. The average molecular weight is 306 g/mol. The summed E-state index contributed by atoms with van der Waals surface area (Å²) in [6, 6.07) is 13.4. The van der Waals surface area contributed by atoms with Crippen molar-refractivity contribution < 1.29 is 5.21 Å². The molecule has 3 heteroatoms. The topological polar surface area (TPSA) is 35.8 Å². The molecule has 0 saturated carbocycles. The van der Waals surface area contributed by atoms with E-state index in [4.69, 9.17) is 0 Å². The molecule has 1 aliphatic carbocycles. The Balaban J connectivity index is 1.77. The lowest BCUT2D eigenvalue weighted by atomic mass is 9.87. The maximum absolute atomic E-state index is 9.27. The molecular weight excluding hydrogens is 284 g/mol. The Hall–Kier alpha value is -2.29. The first kappa shape index (κ1) is 14.3. The van der Waals surface area contributed by atoms with E-state index in [2.05, 4.69) is 53.5 Å². The fourth-order valence-corrected chi connectivity index (χ4v) is 3.89. The van der Waals surface area contributed by atoms with Gasteiger partial charge in [-0.25, -0.2) is 0 Å². The van der Waals surface area contributed by atoms with Gasteiger partial charge in [0, 0.05) is 24.8 Å². The van der Waals surface area contributed by atoms with Crippen LogP contribution in [0.15, 0.2) is 41.6 Å². The van der Waals surface area contributed by atoms with Crippen molar-refractivity contribution in [3.05, 3.63) is 53.1 Å². The Labute approximate surface area is 137 Å². The molecule has 0 fully saturated rings. The minimum Gasteiger partial charge on any atom is -0.411 e. The lowest BCUT2D eigenvalue weighted by Gasteiger charge is -2.28. The van der Waals surface area contributed by atoms with Crippen molar-refractivity contribution in [2.45, 2.75) is 32.1 Å². The van der Waals surface area contributed by atoms with Crippen LogP contribution in [0.5, 0.6) is 0 Å². The lowest BCUT2D eigenvalue weighted by Crippen LogP contribution is -2.24. The Morgan fingerprint density at radius 2 is 1.70 bits per heavy atom. The molecule has 0 aromatic heterocycles. The Morgan fingerprint density at radius 1 is 0.913 bits per heavy atom. The van der Waals surface area contributed by atoms with E-state index in [1.54, 1.807) is 0 Å². The predicted octanol–water partition coefficient (Wildman–Crippen LogP) is 4.25. The van der Waals surface area contributed by atoms with E-state index in [0.29, 0.717) is 0 Å². The minimum absolute atomic E-state index is 0.825. The summed E-state index contributed by atoms with van der Waals surface area (Å²) in [5, 5.41) is 12.8. The van der Waals surface area contributed by atoms with Crippen LogP contribution < -0.4 is 4.90 Å². The van der Waals surface area contributed by atoms with Crippen molar-refractivity contribution in [1.29, 1.82) is 0 Å². The highest BCUT2D eigenvalue weighted by Gasteiger charge is 2.18. The molecule has 3 nitrogen and oxygen atoms in total. The van der Waals surface area contributed by atoms with E-state index in [1.165, 1.54) is 34.4 Å². The molecule has 0 spiro atoms. The summed E-state index contributed by atoms with van der Waals surface area (Å²) in [5.74, 6) is 0. The first-order valence-corrected chi connectivity index (χ1v) is 8.45. The molecule has 118 valence electrons. The second-order valence-electron chi connectivity index (χ2n) is 6.64. The van der Waals surface area contributed by atoms with Crippen LogP contribution in [0.1, 0.15) is 36.0 Å². The maximum Gasteiger partial charge on any atom is 0.0870 e. The van der Waals surface area contributed by atoms with Crippen LogP contribution in [0.4, 0.5) is 5.69 Å². The van der Waals surface area contributed by atoms with Gasteiger partial charge in [0.25, 0.3) is 0 Å². The second-order valence-corrected chi connectivity index (χ2v) is 6.64. The van der Waals surface area contributed by atoms with Crippen LogP contribution in [0.2, 0.25) is 0 Å². The van der Waals surface area contributed by atoms with Gasteiger partial charge in [0.1, 0.15) is 0 Å². The summed E-state index contributed by atoms with van der Waals surface area (Å²) in [7, 11) is 2.17. The quantitative estimate of drug-likeness (QED) is 0.631. The molecule has 0 unspecified atom stereocenters. The molecule has 4 rings (SSSR count). The highest BCUT2D eigenvalue weighted by molar-refractivity contribution is 6.03. The third-order valence-electron chi connectivity index (χ3n) is 5.16. The van der Waals surface area contributed by atoms with Crippen molar-refractivity contribution in [1.82, 2.24) is 0 Å². The summed E-state index contributed by atoms with van der Waals surface area (Å²) in [5.41, 5.74) is 8.50. The van der Waals surface area contributed by atoms with Gasteiger partial charge >= 0.3 is 0 Å². The number of hydrogen-bond donors (Lipinski definition) is 1. The average Bonchev–Trinajstić information content (AvgIpc) is 2.60. The van der Waals surface area contributed by atoms with E-state index in [-0.39, 0.29) is 0 Å². The van der Waals surface area contributed by atoms with Gasteiger partial charge in [-0.1, -0.05) is 23.4 Å². The monoisotopic (exact) mass is 306 g/mol. The Morgan fingerprint density at radius 3 is 2.57 bits per heavy atom. The normalized spacial score (nSPS) is 18.7. The fourth-order valence-electron chi connectivity index (χ4n) is 3.89. The first-order valence-electron chi connectivity index (χ1n) is 8.45. The van der Waals surface area contributed by atoms with Gasteiger partial charge in [0.05, 0.1) is 5.71 Å². The lowest BCUT2D eigenvalue weighted by molar-refractivity contribution is 0.317. The maximum atomic E-state index is 9.27. The zero-order chi connectivity index (χ0) is 15.8. The van der Waals surface area contributed by atoms with Crippen LogP contribution in [0.3, 0.4) is 0 Å². The third-order valence-corrected chi connectivity index (χ3v) is 5.16. The summed E-state index contributed by atoms with van der Waals surface area (Å²) < 4.78 is 0. The molecule has 0 atom stereocenters. The van der Waals surface area contributed by atoms with E-state index < -0.39 is 0 Å². The zero-order valence-electron chi connectivity index (χ0n) is 13.5. The van der Waals surface area contributed by atoms with E-state index in [0.717, 1.165) is 43.5 Å². The number of oxime groups is 1. The van der Waals surface area contributed by atoms with Crippen LogP contribution in [0.25, 0.3) is 11.1 Å². The van der Waals surface area contributed by atoms with Gasteiger partial charge in [-0.3, -0.25) is 0 Å². The summed E-state index contributed by atoms with van der Waals surface area (Å²) in [6.07, 6.45) is 5.38. The van der Waals surface area contributed by atoms with Crippen molar-refractivity contribution in [3.63, 3.8) is 0 Å². The number of rotatable bonds is 1. The summed E-state index contributed by atoms with van der Waals surface area (Å²) in [6.45, 7) is 1.14. The van der Waals surface area contributed by atoms with Gasteiger partial charge in [-0.05, 0) is 72.6 Å². The molecule has 0 bridgehead atoms. The van der Waals surface area contributed by atoms with E-state index in [1.807, 2.05) is 0 Å². The van der Waals surface area contributed by atoms with E-state index in [9.17, 15) is 5.21 Å². The highest BCUT2D eigenvalue weighted by Crippen LogP contribution is 2.33. The van der Waals surface area contributed by atoms with Gasteiger partial charge in [-0.2, -0.15) is 0 Å². The number of aryl methyl sites for hydroxylation is 2. The van der Waals surface area contributed by atoms with Crippen molar-refractivity contribution >= 4 is 11.4 Å². The molecule has 1 heterocycles. The van der Waals surface area contributed by atoms with Crippen LogP contribution in [-0.2, 0) is 12.8 Å². The smallest absolute Gasteiger partial charge is 0.0870 e. The van der Waals surface area contributed by atoms with Crippen LogP contribution >= 0.6 is 0 Å². The highest BCUT2D eigenvalue weighted by atomic mass is 16.4. The Kier molecular flexibility index (Phi) is 3.56. The molecule has 0 radical (unpaired) electrons. The third kappa shape index (κ3) is 2.50. The number of benzene rings is 2. The van der Waals surface area contributed by atoms with Gasteiger partial charge in [-0.15, -0.1) is 0 Å². The largest absolute Gasteiger partial charge is 0.411 e.